The first-order valence-electron chi connectivity index (χ1n) is 3.78. The van der Waals surface area contributed by atoms with Gasteiger partial charge in [0, 0.05) is 11.1 Å². The highest BCUT2D eigenvalue weighted by molar-refractivity contribution is 5.47. The third-order valence-electron chi connectivity index (χ3n) is 1.47. The molecule has 0 saturated heterocycles. The summed E-state index contributed by atoms with van der Waals surface area (Å²) in [5, 5.41) is 0. The van der Waals surface area contributed by atoms with Crippen molar-refractivity contribution >= 4 is 0 Å². The first kappa shape index (κ1) is 11.0. The Hall–Kier alpha value is -2.07. The van der Waals surface area contributed by atoms with Crippen LogP contribution in [0.15, 0.2) is 18.2 Å². The van der Waals surface area contributed by atoms with Crippen molar-refractivity contribution in [3.8, 4) is 30.4 Å². The molecule has 0 saturated carbocycles. The lowest BCUT2D eigenvalue weighted by atomic mass is 10.1. The molecule has 15 heavy (non-hydrogen) atoms. The maximum Gasteiger partial charge on any atom is 0.573 e. The van der Waals surface area contributed by atoms with E-state index in [2.05, 4.69) is 16.6 Å². The molecule has 1 nitrogen and oxygen atoms in total. The minimum atomic E-state index is -4.75. The van der Waals surface area contributed by atoms with Crippen molar-refractivity contribution in [1.82, 2.24) is 0 Å². The van der Waals surface area contributed by atoms with Gasteiger partial charge in [-0.05, 0) is 18.2 Å². The van der Waals surface area contributed by atoms with E-state index in [1.54, 1.807) is 0 Å². The lowest BCUT2D eigenvalue weighted by Crippen LogP contribution is -2.17. The Balaban J connectivity index is 3.10. The van der Waals surface area contributed by atoms with Crippen LogP contribution >= 0.6 is 0 Å². The number of alkyl halides is 3. The van der Waals surface area contributed by atoms with Gasteiger partial charge in [-0.3, -0.25) is 0 Å². The second-order valence-electron chi connectivity index (χ2n) is 2.58. The highest BCUT2D eigenvalue weighted by atomic mass is 19.4. The van der Waals surface area contributed by atoms with Crippen molar-refractivity contribution in [3.63, 3.8) is 0 Å². The standard InChI is InChI=1S/C11H5F3O/c1-3-8-5-9(4-2)7-10(6-8)15-11(12,13)14/h1-2,5-7H. The molecule has 4 heteroatoms. The Morgan fingerprint density at radius 3 is 1.80 bits per heavy atom. The quantitative estimate of drug-likeness (QED) is 0.647. The Kier molecular flexibility index (Phi) is 2.92. The van der Waals surface area contributed by atoms with Crippen molar-refractivity contribution < 1.29 is 17.9 Å². The number of benzene rings is 1. The predicted molar refractivity (Wildman–Crippen MR) is 49.0 cm³/mol. The van der Waals surface area contributed by atoms with Crippen LogP contribution in [0.3, 0.4) is 0 Å². The summed E-state index contributed by atoms with van der Waals surface area (Å²) in [5.41, 5.74) is 0.481. The molecule has 1 rings (SSSR count). The number of rotatable bonds is 1. The molecule has 0 unspecified atom stereocenters. The van der Waals surface area contributed by atoms with E-state index in [9.17, 15) is 13.2 Å². The van der Waals surface area contributed by atoms with E-state index in [-0.39, 0.29) is 11.1 Å². The van der Waals surface area contributed by atoms with E-state index in [1.165, 1.54) is 6.07 Å². The molecular formula is C11H5F3O. The average Bonchev–Trinajstić information content (AvgIpc) is 2.14. The summed E-state index contributed by atoms with van der Waals surface area (Å²) < 4.78 is 39.4. The van der Waals surface area contributed by atoms with E-state index in [0.717, 1.165) is 12.1 Å². The van der Waals surface area contributed by atoms with Gasteiger partial charge in [0.1, 0.15) is 5.75 Å². The van der Waals surface area contributed by atoms with Crippen LogP contribution in [0.4, 0.5) is 13.2 Å². The second kappa shape index (κ2) is 3.98. The molecule has 0 heterocycles. The monoisotopic (exact) mass is 210 g/mol. The summed E-state index contributed by atoms with van der Waals surface area (Å²) in [6, 6.07) is 3.60. The van der Waals surface area contributed by atoms with E-state index < -0.39 is 12.1 Å². The molecule has 0 radical (unpaired) electrons. The van der Waals surface area contributed by atoms with Gasteiger partial charge in [-0.25, -0.2) is 0 Å². The number of terminal acetylenes is 2. The largest absolute Gasteiger partial charge is 0.573 e. The maximum absolute atomic E-state index is 11.9. The Morgan fingerprint density at radius 1 is 1.00 bits per heavy atom. The summed E-state index contributed by atoms with van der Waals surface area (Å²) in [5.74, 6) is 3.96. The smallest absolute Gasteiger partial charge is 0.406 e. The van der Waals surface area contributed by atoms with Gasteiger partial charge in [0.25, 0.3) is 0 Å². The third-order valence-corrected chi connectivity index (χ3v) is 1.47. The summed E-state index contributed by atoms with van der Waals surface area (Å²) in [6.07, 6.45) is 5.35. The van der Waals surface area contributed by atoms with E-state index >= 15 is 0 Å². The number of ether oxygens (including phenoxy) is 1. The van der Waals surface area contributed by atoms with Gasteiger partial charge in [-0.15, -0.1) is 26.0 Å². The van der Waals surface area contributed by atoms with Gasteiger partial charge in [0.2, 0.25) is 0 Å². The Labute approximate surface area is 84.9 Å². The third kappa shape index (κ3) is 3.28. The molecule has 0 aliphatic carbocycles. The molecule has 0 amide bonds. The van der Waals surface area contributed by atoms with Crippen molar-refractivity contribution in [2.75, 3.05) is 0 Å². The van der Waals surface area contributed by atoms with Gasteiger partial charge in [-0.2, -0.15) is 0 Å². The normalized spacial score (nSPS) is 10.2. The molecule has 0 aliphatic rings. The van der Waals surface area contributed by atoms with Crippen LogP contribution in [-0.2, 0) is 0 Å². The minimum absolute atomic E-state index is 0.240. The van der Waals surface area contributed by atoms with Crippen LogP contribution in [0, 0.1) is 24.7 Å². The van der Waals surface area contributed by atoms with Crippen LogP contribution < -0.4 is 4.74 Å². The predicted octanol–water partition coefficient (Wildman–Crippen LogP) is 2.55. The van der Waals surface area contributed by atoms with Gasteiger partial charge in [-0.1, -0.05) is 11.8 Å². The van der Waals surface area contributed by atoms with Gasteiger partial charge >= 0.3 is 6.36 Å². The van der Waals surface area contributed by atoms with Crippen molar-refractivity contribution in [2.24, 2.45) is 0 Å². The van der Waals surface area contributed by atoms with Crippen LogP contribution in [0.2, 0.25) is 0 Å². The lowest BCUT2D eigenvalue weighted by molar-refractivity contribution is -0.274. The van der Waals surface area contributed by atoms with Crippen LogP contribution in [0.5, 0.6) is 5.75 Å². The van der Waals surface area contributed by atoms with Gasteiger partial charge in [0.15, 0.2) is 0 Å². The molecule has 0 aliphatic heterocycles. The fourth-order valence-electron chi connectivity index (χ4n) is 0.958. The Morgan fingerprint density at radius 2 is 1.47 bits per heavy atom. The highest BCUT2D eigenvalue weighted by Gasteiger charge is 2.31. The summed E-state index contributed by atoms with van der Waals surface area (Å²) in [4.78, 5) is 0. The lowest BCUT2D eigenvalue weighted by Gasteiger charge is -2.09. The van der Waals surface area contributed by atoms with Crippen molar-refractivity contribution in [1.29, 1.82) is 0 Å². The zero-order chi connectivity index (χ0) is 11.5. The number of halogens is 3. The highest BCUT2D eigenvalue weighted by Crippen LogP contribution is 2.24. The SMILES string of the molecule is C#Cc1cc(C#C)cc(OC(F)(F)F)c1. The molecule has 0 atom stereocenters. The van der Waals surface area contributed by atoms with Crippen LogP contribution in [0.1, 0.15) is 11.1 Å². The number of hydrogen-bond donors (Lipinski definition) is 0. The molecule has 0 bridgehead atoms. The average molecular weight is 210 g/mol. The van der Waals surface area contributed by atoms with E-state index in [4.69, 9.17) is 12.8 Å². The minimum Gasteiger partial charge on any atom is -0.406 e. The van der Waals surface area contributed by atoms with Gasteiger partial charge in [0.05, 0.1) is 0 Å². The van der Waals surface area contributed by atoms with Crippen LogP contribution in [-0.4, -0.2) is 6.36 Å². The summed E-state index contributed by atoms with van der Waals surface area (Å²) >= 11 is 0. The molecule has 0 aromatic heterocycles. The molecule has 76 valence electrons. The molecule has 0 fully saturated rings. The van der Waals surface area contributed by atoms with Crippen LogP contribution in [0.25, 0.3) is 0 Å². The molecule has 1 aromatic rings. The molecule has 0 N–H and O–H groups in total. The molecular weight excluding hydrogens is 205 g/mol. The Bertz CT molecular complexity index is 414. The summed E-state index contributed by atoms with van der Waals surface area (Å²) in [6.45, 7) is 0. The van der Waals surface area contributed by atoms with E-state index in [1.807, 2.05) is 0 Å². The maximum atomic E-state index is 11.9. The fraction of sp³-hybridized carbons (Fsp3) is 0.0909. The molecule has 0 spiro atoms. The first-order valence-corrected chi connectivity index (χ1v) is 3.78. The zero-order valence-electron chi connectivity index (χ0n) is 7.43. The van der Waals surface area contributed by atoms with Gasteiger partial charge < -0.3 is 4.74 Å². The summed E-state index contributed by atoms with van der Waals surface area (Å²) in [7, 11) is 0. The second-order valence-corrected chi connectivity index (χ2v) is 2.58. The van der Waals surface area contributed by atoms with E-state index in [0.29, 0.717) is 0 Å². The van der Waals surface area contributed by atoms with Crippen molar-refractivity contribution in [3.05, 3.63) is 29.3 Å². The topological polar surface area (TPSA) is 9.23 Å². The molecule has 1 aromatic carbocycles. The number of hydrogen-bond acceptors (Lipinski definition) is 1. The first-order chi connectivity index (χ1) is 6.94. The fourth-order valence-corrected chi connectivity index (χ4v) is 0.958. The zero-order valence-corrected chi connectivity index (χ0v) is 7.43. The van der Waals surface area contributed by atoms with Crippen molar-refractivity contribution in [2.45, 2.75) is 6.36 Å².